The standard InChI is InChI=1S/C28H27N7O5/c1-40-25-17-21(35(38)39)13-14-22(25)29-28(37)23(15-12-19-8-4-2-5-9-19)34-24(16-20-10-6-3-7-11-20)27-30-31-32-33(27)18-26(34)36/h2-11,13-14,17,23-24H,12,15-16,18H2,1H3,(H,29,37). The third-order valence-electron chi connectivity index (χ3n) is 6.88. The highest BCUT2D eigenvalue weighted by Crippen LogP contribution is 2.33. The fraction of sp³-hybridized carbons (Fsp3) is 0.250. The van der Waals surface area contributed by atoms with Gasteiger partial charge in [-0.2, -0.15) is 0 Å². The predicted octanol–water partition coefficient (Wildman–Crippen LogP) is 3.36. The summed E-state index contributed by atoms with van der Waals surface area (Å²) in [7, 11) is 1.37. The van der Waals surface area contributed by atoms with E-state index in [0.717, 1.165) is 11.1 Å². The highest BCUT2D eigenvalue weighted by atomic mass is 16.6. The third kappa shape index (κ3) is 5.65. The molecule has 1 aliphatic heterocycles. The Bertz CT molecular complexity index is 1510. The number of amides is 2. The van der Waals surface area contributed by atoms with Crippen molar-refractivity contribution in [3.63, 3.8) is 0 Å². The summed E-state index contributed by atoms with van der Waals surface area (Å²) >= 11 is 0. The van der Waals surface area contributed by atoms with Crippen molar-refractivity contribution in [3.05, 3.63) is 106 Å². The van der Waals surface area contributed by atoms with Crippen molar-refractivity contribution in [2.24, 2.45) is 0 Å². The number of fused-ring (bicyclic) bond motifs is 1. The van der Waals surface area contributed by atoms with Gasteiger partial charge in [0.1, 0.15) is 18.3 Å². The maximum absolute atomic E-state index is 14.0. The van der Waals surface area contributed by atoms with Gasteiger partial charge in [-0.05, 0) is 40.5 Å². The van der Waals surface area contributed by atoms with Crippen molar-refractivity contribution in [3.8, 4) is 5.75 Å². The van der Waals surface area contributed by atoms with Crippen molar-refractivity contribution in [2.75, 3.05) is 12.4 Å². The molecule has 2 unspecified atom stereocenters. The van der Waals surface area contributed by atoms with Gasteiger partial charge in [-0.15, -0.1) is 5.10 Å². The lowest BCUT2D eigenvalue weighted by atomic mass is 9.96. The molecule has 4 aromatic rings. The van der Waals surface area contributed by atoms with E-state index in [2.05, 4.69) is 20.8 Å². The van der Waals surface area contributed by atoms with Crippen LogP contribution < -0.4 is 10.1 Å². The first kappa shape index (κ1) is 26.5. The molecule has 2 amide bonds. The Labute approximate surface area is 229 Å². The number of hydrogen-bond donors (Lipinski definition) is 1. The summed E-state index contributed by atoms with van der Waals surface area (Å²) in [5.41, 5.74) is 2.07. The summed E-state index contributed by atoms with van der Waals surface area (Å²) in [5.74, 6) is -0.104. The predicted molar refractivity (Wildman–Crippen MR) is 144 cm³/mol. The maximum Gasteiger partial charge on any atom is 0.273 e. The van der Waals surface area contributed by atoms with E-state index in [1.807, 2.05) is 60.7 Å². The van der Waals surface area contributed by atoms with Crippen LogP contribution in [0.2, 0.25) is 0 Å². The van der Waals surface area contributed by atoms with E-state index in [-0.39, 0.29) is 29.6 Å². The molecule has 0 bridgehead atoms. The molecular weight excluding hydrogens is 514 g/mol. The maximum atomic E-state index is 14.0. The molecule has 2 atom stereocenters. The van der Waals surface area contributed by atoms with E-state index in [0.29, 0.717) is 25.1 Å². The summed E-state index contributed by atoms with van der Waals surface area (Å²) < 4.78 is 6.79. The van der Waals surface area contributed by atoms with E-state index < -0.39 is 22.9 Å². The lowest BCUT2D eigenvalue weighted by molar-refractivity contribution is -0.384. The average molecular weight is 542 g/mol. The SMILES string of the molecule is COc1cc([N+](=O)[O-])ccc1NC(=O)C(CCc1ccccc1)N1C(=O)Cn2nnnc2C1Cc1ccccc1. The van der Waals surface area contributed by atoms with Crippen LogP contribution in [0.1, 0.15) is 29.4 Å². The molecule has 204 valence electrons. The van der Waals surface area contributed by atoms with Crippen LogP contribution in [0.3, 0.4) is 0 Å². The van der Waals surface area contributed by atoms with E-state index in [1.54, 1.807) is 4.90 Å². The molecule has 0 fully saturated rings. The Kier molecular flexibility index (Phi) is 7.76. The quantitative estimate of drug-likeness (QED) is 0.238. The zero-order valence-electron chi connectivity index (χ0n) is 21.7. The highest BCUT2D eigenvalue weighted by Gasteiger charge is 2.42. The molecule has 1 N–H and O–H groups in total. The lowest BCUT2D eigenvalue weighted by Crippen LogP contribution is -2.54. The number of carbonyl (C=O) groups is 2. The van der Waals surface area contributed by atoms with Gasteiger partial charge in [0.25, 0.3) is 5.69 Å². The number of tetrazole rings is 1. The topological polar surface area (TPSA) is 145 Å². The van der Waals surface area contributed by atoms with Crippen molar-refractivity contribution >= 4 is 23.2 Å². The summed E-state index contributed by atoms with van der Waals surface area (Å²) in [5, 5.41) is 26.1. The van der Waals surface area contributed by atoms with Gasteiger partial charge in [0.2, 0.25) is 11.8 Å². The van der Waals surface area contributed by atoms with Gasteiger partial charge in [-0.3, -0.25) is 19.7 Å². The Morgan fingerprint density at radius 1 is 1.10 bits per heavy atom. The average Bonchev–Trinajstić information content (AvgIpc) is 3.44. The Balaban J connectivity index is 1.51. The van der Waals surface area contributed by atoms with Crippen molar-refractivity contribution < 1.29 is 19.2 Å². The number of anilines is 1. The number of hydrogen-bond acceptors (Lipinski definition) is 8. The summed E-state index contributed by atoms with van der Waals surface area (Å²) in [6, 6.07) is 21.8. The first-order chi connectivity index (χ1) is 19.4. The largest absolute Gasteiger partial charge is 0.494 e. The Morgan fingerprint density at radius 2 is 1.80 bits per heavy atom. The second-order valence-corrected chi connectivity index (χ2v) is 9.37. The summed E-state index contributed by atoms with van der Waals surface area (Å²) in [6.45, 7) is -0.0937. The Hall–Kier alpha value is -5.13. The molecule has 1 aromatic heterocycles. The van der Waals surface area contributed by atoms with Crippen LogP contribution in [0, 0.1) is 10.1 Å². The lowest BCUT2D eigenvalue weighted by Gasteiger charge is -2.39. The van der Waals surface area contributed by atoms with Crippen LogP contribution in [-0.2, 0) is 29.0 Å². The number of benzene rings is 3. The highest BCUT2D eigenvalue weighted by molar-refractivity contribution is 5.98. The van der Waals surface area contributed by atoms with Crippen LogP contribution in [0.15, 0.2) is 78.9 Å². The zero-order valence-corrected chi connectivity index (χ0v) is 21.7. The van der Waals surface area contributed by atoms with Gasteiger partial charge in [0, 0.05) is 12.5 Å². The van der Waals surface area contributed by atoms with Gasteiger partial charge < -0.3 is 15.0 Å². The molecule has 0 aliphatic carbocycles. The summed E-state index contributed by atoms with van der Waals surface area (Å²) in [6.07, 6.45) is 1.26. The molecule has 12 heteroatoms. The molecule has 0 saturated heterocycles. The van der Waals surface area contributed by atoms with E-state index in [1.165, 1.54) is 30.0 Å². The van der Waals surface area contributed by atoms with E-state index in [9.17, 15) is 19.7 Å². The summed E-state index contributed by atoms with van der Waals surface area (Å²) in [4.78, 5) is 39.9. The minimum Gasteiger partial charge on any atom is -0.494 e. The molecule has 0 radical (unpaired) electrons. The van der Waals surface area contributed by atoms with E-state index >= 15 is 0 Å². The van der Waals surface area contributed by atoms with Crippen molar-refractivity contribution in [1.29, 1.82) is 0 Å². The number of methoxy groups -OCH3 is 1. The molecule has 0 spiro atoms. The molecular formula is C28H27N7O5. The van der Waals surface area contributed by atoms with Gasteiger partial charge in [-0.25, -0.2) is 4.68 Å². The monoisotopic (exact) mass is 541 g/mol. The number of rotatable bonds is 10. The number of nitrogens with zero attached hydrogens (tertiary/aromatic N) is 6. The Morgan fingerprint density at radius 3 is 2.48 bits per heavy atom. The first-order valence-corrected chi connectivity index (χ1v) is 12.7. The van der Waals surface area contributed by atoms with Crippen LogP contribution in [0.4, 0.5) is 11.4 Å². The molecule has 1 aliphatic rings. The molecule has 3 aromatic carbocycles. The minimum absolute atomic E-state index is 0.0937. The number of aryl methyl sites for hydroxylation is 1. The molecule has 5 rings (SSSR count). The normalized spacial score (nSPS) is 15.3. The number of carbonyl (C=O) groups excluding carboxylic acids is 2. The van der Waals surface area contributed by atoms with Gasteiger partial charge in [0.05, 0.1) is 29.8 Å². The van der Waals surface area contributed by atoms with E-state index in [4.69, 9.17) is 4.74 Å². The number of non-ortho nitro benzene ring substituents is 1. The van der Waals surface area contributed by atoms with Crippen molar-refractivity contribution in [2.45, 2.75) is 37.9 Å². The van der Waals surface area contributed by atoms with Crippen molar-refractivity contribution in [1.82, 2.24) is 25.1 Å². The zero-order chi connectivity index (χ0) is 28.1. The molecule has 2 heterocycles. The van der Waals surface area contributed by atoms with Crippen LogP contribution in [0.5, 0.6) is 5.75 Å². The first-order valence-electron chi connectivity index (χ1n) is 12.7. The number of nitrogens with one attached hydrogen (secondary N) is 1. The molecule has 12 nitrogen and oxygen atoms in total. The van der Waals surface area contributed by atoms with Crippen LogP contribution >= 0.6 is 0 Å². The van der Waals surface area contributed by atoms with Crippen LogP contribution in [0.25, 0.3) is 0 Å². The fourth-order valence-electron chi connectivity index (χ4n) is 4.95. The third-order valence-corrected chi connectivity index (χ3v) is 6.88. The second kappa shape index (κ2) is 11.7. The number of ether oxygens (including phenoxy) is 1. The molecule has 0 saturated carbocycles. The van der Waals surface area contributed by atoms with Gasteiger partial charge in [0.15, 0.2) is 5.82 Å². The van der Waals surface area contributed by atoms with Gasteiger partial charge >= 0.3 is 0 Å². The van der Waals surface area contributed by atoms with Crippen LogP contribution in [-0.4, -0.2) is 55.0 Å². The number of nitro benzene ring substituents is 1. The number of aromatic nitrogens is 4. The minimum atomic E-state index is -0.897. The fourth-order valence-corrected chi connectivity index (χ4v) is 4.95. The second-order valence-electron chi connectivity index (χ2n) is 9.37. The van der Waals surface area contributed by atoms with Gasteiger partial charge in [-0.1, -0.05) is 60.7 Å². The number of nitro groups is 1. The molecule has 40 heavy (non-hydrogen) atoms. The smallest absolute Gasteiger partial charge is 0.273 e.